The van der Waals surface area contributed by atoms with Gasteiger partial charge < -0.3 is 14.8 Å². The first-order valence-electron chi connectivity index (χ1n) is 7.48. The molecule has 2 rings (SSSR count). The minimum Gasteiger partial charge on any atom is -0.476 e. The molecule has 0 aliphatic heterocycles. The monoisotopic (exact) mass is 354 g/mol. The van der Waals surface area contributed by atoms with Crippen molar-refractivity contribution in [2.24, 2.45) is 0 Å². The number of carbonyl (C=O) groups is 3. The van der Waals surface area contributed by atoms with Crippen LogP contribution in [0.4, 0.5) is 4.79 Å². The van der Waals surface area contributed by atoms with Crippen LogP contribution in [0.2, 0.25) is 5.02 Å². The molecule has 0 heterocycles. The molecule has 130 valence electrons. The van der Waals surface area contributed by atoms with Gasteiger partial charge >= 0.3 is 12.0 Å². The summed E-state index contributed by atoms with van der Waals surface area (Å²) in [5, 5.41) is 5.23. The van der Waals surface area contributed by atoms with E-state index >= 15 is 0 Å². The van der Waals surface area contributed by atoms with E-state index in [0.29, 0.717) is 10.8 Å². The van der Waals surface area contributed by atoms with Crippen LogP contribution >= 0.6 is 11.6 Å². The third kappa shape index (κ3) is 5.73. The number of rotatable bonds is 6. The van der Waals surface area contributed by atoms with E-state index in [2.05, 4.69) is 10.6 Å². The third-order valence-electron chi connectivity index (χ3n) is 3.18. The summed E-state index contributed by atoms with van der Waals surface area (Å²) in [4.78, 5) is 35.0. The average Bonchev–Trinajstić information content (AvgIpc) is 3.30. The summed E-state index contributed by atoms with van der Waals surface area (Å²) in [6, 6.07) is 6.04. The van der Waals surface area contributed by atoms with Crippen molar-refractivity contribution in [1.82, 2.24) is 10.6 Å². The number of halogens is 1. The second-order valence-corrected chi connectivity index (χ2v) is 6.37. The smallest absolute Gasteiger partial charge is 0.350 e. The molecule has 1 fully saturated rings. The van der Waals surface area contributed by atoms with Crippen LogP contribution in [0, 0.1) is 0 Å². The van der Waals surface area contributed by atoms with Gasteiger partial charge in [0.15, 0.2) is 12.2 Å². The van der Waals surface area contributed by atoms with E-state index in [1.165, 1.54) is 13.8 Å². The van der Waals surface area contributed by atoms with Gasteiger partial charge in [-0.1, -0.05) is 11.6 Å². The molecule has 0 spiro atoms. The molecule has 0 radical (unpaired) electrons. The van der Waals surface area contributed by atoms with Crippen molar-refractivity contribution in [3.8, 4) is 5.75 Å². The first-order chi connectivity index (χ1) is 11.3. The molecule has 1 saturated carbocycles. The normalized spacial score (nSPS) is 13.8. The first-order valence-corrected chi connectivity index (χ1v) is 7.86. The molecule has 0 aromatic heterocycles. The predicted molar refractivity (Wildman–Crippen MR) is 86.8 cm³/mol. The molecule has 0 bridgehead atoms. The Balaban J connectivity index is 1.77. The van der Waals surface area contributed by atoms with E-state index in [0.717, 1.165) is 12.8 Å². The molecule has 1 aromatic rings. The molecular weight excluding hydrogens is 336 g/mol. The highest BCUT2D eigenvalue weighted by Gasteiger charge is 2.32. The van der Waals surface area contributed by atoms with Gasteiger partial charge in [-0.05, 0) is 51.0 Å². The number of esters is 1. The largest absolute Gasteiger partial charge is 0.476 e. The number of imide groups is 1. The van der Waals surface area contributed by atoms with Crippen LogP contribution in [0.1, 0.15) is 26.7 Å². The van der Waals surface area contributed by atoms with Crippen LogP contribution in [0.15, 0.2) is 24.3 Å². The lowest BCUT2D eigenvalue weighted by molar-refractivity contribution is -0.161. The lowest BCUT2D eigenvalue weighted by Gasteiger charge is -2.24. The number of urea groups is 1. The van der Waals surface area contributed by atoms with Crippen molar-refractivity contribution in [3.63, 3.8) is 0 Å². The molecule has 1 aliphatic carbocycles. The van der Waals surface area contributed by atoms with Crippen LogP contribution in [0.25, 0.3) is 0 Å². The van der Waals surface area contributed by atoms with Crippen molar-refractivity contribution in [3.05, 3.63) is 29.3 Å². The van der Waals surface area contributed by atoms with Gasteiger partial charge in [-0.15, -0.1) is 0 Å². The van der Waals surface area contributed by atoms with Crippen molar-refractivity contribution in [1.29, 1.82) is 0 Å². The Bertz CT molecular complexity index is 626. The summed E-state index contributed by atoms with van der Waals surface area (Å²) < 4.78 is 10.5. The van der Waals surface area contributed by atoms with Crippen LogP contribution in [-0.2, 0) is 14.3 Å². The van der Waals surface area contributed by atoms with Crippen LogP contribution in [0.5, 0.6) is 5.75 Å². The van der Waals surface area contributed by atoms with E-state index in [-0.39, 0.29) is 6.04 Å². The fourth-order valence-electron chi connectivity index (χ4n) is 1.76. The Morgan fingerprint density at radius 3 is 2.42 bits per heavy atom. The highest BCUT2D eigenvalue weighted by molar-refractivity contribution is 6.30. The zero-order chi connectivity index (χ0) is 17.7. The van der Waals surface area contributed by atoms with Crippen LogP contribution < -0.4 is 15.4 Å². The molecule has 7 nitrogen and oxygen atoms in total. The van der Waals surface area contributed by atoms with Gasteiger partial charge in [-0.25, -0.2) is 9.59 Å². The maximum atomic E-state index is 12.1. The molecule has 8 heteroatoms. The van der Waals surface area contributed by atoms with Gasteiger partial charge in [0, 0.05) is 11.1 Å². The highest BCUT2D eigenvalue weighted by atomic mass is 35.5. The Morgan fingerprint density at radius 1 is 1.21 bits per heavy atom. The van der Waals surface area contributed by atoms with Crippen LogP contribution in [0.3, 0.4) is 0 Å². The molecule has 1 aromatic carbocycles. The molecular formula is C16H19ClN2O5. The summed E-state index contributed by atoms with van der Waals surface area (Å²) in [7, 11) is 0. The minimum absolute atomic E-state index is 0.132. The van der Waals surface area contributed by atoms with Crippen molar-refractivity contribution in [2.45, 2.75) is 38.3 Å². The Kier molecular flexibility index (Phi) is 5.66. The maximum absolute atomic E-state index is 12.1. The van der Waals surface area contributed by atoms with E-state index in [1.807, 2.05) is 0 Å². The van der Waals surface area contributed by atoms with Gasteiger partial charge in [0.05, 0.1) is 0 Å². The summed E-state index contributed by atoms with van der Waals surface area (Å²) in [5.74, 6) is -0.992. The minimum atomic E-state index is -1.30. The molecule has 0 saturated heterocycles. The summed E-state index contributed by atoms with van der Waals surface area (Å²) in [5.41, 5.74) is -1.30. The lowest BCUT2D eigenvalue weighted by atomic mass is 10.1. The fraction of sp³-hybridized carbons (Fsp3) is 0.438. The second-order valence-electron chi connectivity index (χ2n) is 5.94. The van der Waals surface area contributed by atoms with Crippen molar-refractivity contribution in [2.75, 3.05) is 6.61 Å². The SMILES string of the molecule is CC(C)(Oc1ccc(Cl)cc1)C(=O)OCC(=O)NC(=O)NC1CC1. The van der Waals surface area contributed by atoms with Crippen LogP contribution in [-0.4, -0.2) is 36.2 Å². The van der Waals surface area contributed by atoms with Gasteiger partial charge in [0.2, 0.25) is 0 Å². The molecule has 2 N–H and O–H groups in total. The van der Waals surface area contributed by atoms with E-state index in [4.69, 9.17) is 21.1 Å². The Morgan fingerprint density at radius 2 is 1.83 bits per heavy atom. The predicted octanol–water partition coefficient (Wildman–Crippen LogP) is 2.03. The summed E-state index contributed by atoms with van der Waals surface area (Å²) >= 11 is 5.78. The second kappa shape index (κ2) is 7.53. The first kappa shape index (κ1) is 18.1. The summed E-state index contributed by atoms with van der Waals surface area (Å²) in [6.45, 7) is 2.47. The number of benzene rings is 1. The van der Waals surface area contributed by atoms with Crippen molar-refractivity contribution < 1.29 is 23.9 Å². The number of amides is 3. The van der Waals surface area contributed by atoms with Gasteiger partial charge in [-0.2, -0.15) is 0 Å². The molecule has 0 unspecified atom stereocenters. The zero-order valence-electron chi connectivity index (χ0n) is 13.4. The Labute approximate surface area is 144 Å². The number of hydrogen-bond donors (Lipinski definition) is 2. The van der Waals surface area contributed by atoms with Gasteiger partial charge in [-0.3, -0.25) is 10.1 Å². The Hall–Kier alpha value is -2.28. The fourth-order valence-corrected chi connectivity index (χ4v) is 1.88. The van der Waals surface area contributed by atoms with Gasteiger partial charge in [0.25, 0.3) is 5.91 Å². The van der Waals surface area contributed by atoms with E-state index < -0.39 is 30.1 Å². The molecule has 0 atom stereocenters. The molecule has 24 heavy (non-hydrogen) atoms. The van der Waals surface area contributed by atoms with Crippen molar-refractivity contribution >= 4 is 29.5 Å². The van der Waals surface area contributed by atoms with E-state index in [9.17, 15) is 14.4 Å². The average molecular weight is 355 g/mol. The zero-order valence-corrected chi connectivity index (χ0v) is 14.2. The third-order valence-corrected chi connectivity index (χ3v) is 3.43. The number of hydrogen-bond acceptors (Lipinski definition) is 5. The summed E-state index contributed by atoms with van der Waals surface area (Å²) in [6.07, 6.45) is 1.82. The topological polar surface area (TPSA) is 93.7 Å². The standard InChI is InChI=1S/C16H19ClN2O5/c1-16(2,24-12-7-3-10(17)4-8-12)14(21)23-9-13(20)19-15(22)18-11-5-6-11/h3-4,7-8,11H,5-6,9H2,1-2H3,(H2,18,19,20,22). The highest BCUT2D eigenvalue weighted by Crippen LogP contribution is 2.21. The lowest BCUT2D eigenvalue weighted by Crippen LogP contribution is -2.44. The molecule has 1 aliphatic rings. The molecule has 3 amide bonds. The maximum Gasteiger partial charge on any atom is 0.350 e. The number of carbonyl (C=O) groups excluding carboxylic acids is 3. The quantitative estimate of drug-likeness (QED) is 0.762. The number of ether oxygens (including phenoxy) is 2. The number of nitrogens with one attached hydrogen (secondary N) is 2. The van der Waals surface area contributed by atoms with E-state index in [1.54, 1.807) is 24.3 Å². The van der Waals surface area contributed by atoms with Gasteiger partial charge in [0.1, 0.15) is 5.75 Å².